The number of benzene rings is 2. The monoisotopic (exact) mass is 528 g/mol. The number of alkyl halides is 3. The molecule has 2 aromatic heterocycles. The summed E-state index contributed by atoms with van der Waals surface area (Å²) in [4.78, 5) is 27.2. The molecule has 0 bridgehead atoms. The SMILES string of the molecule is CC(C)=C(F)/C(C)=C(\F)NC(=O)c1cnn(-c2ccc(-c3cccc4c(=O)[nH]ccc34)cc2)c1C(F)(F)F. The second-order valence-corrected chi connectivity index (χ2v) is 8.64. The zero-order valence-corrected chi connectivity index (χ0v) is 20.4. The first-order valence-electron chi connectivity index (χ1n) is 11.3. The van der Waals surface area contributed by atoms with Crippen molar-refractivity contribution in [3.8, 4) is 16.8 Å². The number of H-pyrrole nitrogens is 1. The molecule has 38 heavy (non-hydrogen) atoms. The molecule has 2 aromatic carbocycles. The van der Waals surface area contributed by atoms with Crippen molar-refractivity contribution in [3.63, 3.8) is 0 Å². The number of nitrogens with one attached hydrogen (secondary N) is 2. The van der Waals surface area contributed by atoms with E-state index in [1.54, 1.807) is 41.7 Å². The van der Waals surface area contributed by atoms with Gasteiger partial charge in [-0.3, -0.25) is 14.9 Å². The van der Waals surface area contributed by atoms with Gasteiger partial charge in [0.05, 0.1) is 17.4 Å². The smallest absolute Gasteiger partial charge is 0.329 e. The van der Waals surface area contributed by atoms with Crippen molar-refractivity contribution in [1.29, 1.82) is 0 Å². The topological polar surface area (TPSA) is 79.8 Å². The van der Waals surface area contributed by atoms with Crippen LogP contribution in [0.25, 0.3) is 27.6 Å². The van der Waals surface area contributed by atoms with Crippen molar-refractivity contribution in [2.45, 2.75) is 26.9 Å². The Morgan fingerprint density at radius 1 is 0.974 bits per heavy atom. The maximum Gasteiger partial charge on any atom is 0.434 e. The molecular weight excluding hydrogens is 507 g/mol. The van der Waals surface area contributed by atoms with Crippen molar-refractivity contribution >= 4 is 16.7 Å². The molecule has 0 radical (unpaired) electrons. The molecule has 0 unspecified atom stereocenters. The number of nitrogens with zero attached hydrogens (tertiary/aromatic N) is 2. The van der Waals surface area contributed by atoms with Gasteiger partial charge in [-0.1, -0.05) is 24.3 Å². The van der Waals surface area contributed by atoms with E-state index in [0.29, 0.717) is 32.8 Å². The van der Waals surface area contributed by atoms with Gasteiger partial charge in [0.1, 0.15) is 5.83 Å². The molecule has 4 rings (SSSR count). The predicted molar refractivity (Wildman–Crippen MR) is 133 cm³/mol. The number of hydrogen-bond donors (Lipinski definition) is 2. The quantitative estimate of drug-likeness (QED) is 0.174. The minimum Gasteiger partial charge on any atom is -0.329 e. The van der Waals surface area contributed by atoms with Crippen molar-refractivity contribution in [2.75, 3.05) is 0 Å². The first kappa shape index (κ1) is 26.5. The molecule has 1 amide bonds. The number of rotatable bonds is 5. The molecule has 0 aliphatic rings. The summed E-state index contributed by atoms with van der Waals surface area (Å²) in [5.74, 6) is -3.77. The second-order valence-electron chi connectivity index (χ2n) is 8.64. The van der Waals surface area contributed by atoms with Gasteiger partial charge >= 0.3 is 6.18 Å². The van der Waals surface area contributed by atoms with Gasteiger partial charge in [-0.05, 0) is 67.1 Å². The molecule has 196 valence electrons. The lowest BCUT2D eigenvalue weighted by Gasteiger charge is -2.14. The van der Waals surface area contributed by atoms with Crippen LogP contribution in [0.2, 0.25) is 0 Å². The van der Waals surface area contributed by atoms with Crippen LogP contribution in [0.4, 0.5) is 22.0 Å². The molecule has 0 fully saturated rings. The zero-order chi connectivity index (χ0) is 27.8. The first-order chi connectivity index (χ1) is 17.9. The first-order valence-corrected chi connectivity index (χ1v) is 11.3. The largest absolute Gasteiger partial charge is 0.434 e. The van der Waals surface area contributed by atoms with Crippen LogP contribution in [0.3, 0.4) is 0 Å². The molecule has 0 saturated heterocycles. The molecule has 0 atom stereocenters. The molecule has 0 saturated carbocycles. The highest BCUT2D eigenvalue weighted by Gasteiger charge is 2.40. The predicted octanol–water partition coefficient (Wildman–Crippen LogP) is 6.59. The Balaban J connectivity index is 1.73. The van der Waals surface area contributed by atoms with E-state index in [1.807, 2.05) is 0 Å². The number of allylic oxidation sites excluding steroid dienone is 3. The number of amides is 1. The fraction of sp³-hybridized carbons (Fsp3) is 0.148. The summed E-state index contributed by atoms with van der Waals surface area (Å²) in [6, 6.07) is 12.7. The van der Waals surface area contributed by atoms with Gasteiger partial charge in [0, 0.05) is 17.2 Å². The van der Waals surface area contributed by atoms with E-state index in [4.69, 9.17) is 0 Å². The lowest BCUT2D eigenvalue weighted by atomic mass is 9.99. The number of fused-ring (bicyclic) bond motifs is 1. The summed E-state index contributed by atoms with van der Waals surface area (Å²) in [6.07, 6.45) is -2.86. The Bertz CT molecular complexity index is 1660. The highest BCUT2D eigenvalue weighted by molar-refractivity contribution is 5.97. The molecule has 4 aromatic rings. The molecular formula is C27H21F5N4O2. The Hall–Kier alpha value is -4.54. The molecule has 6 nitrogen and oxygen atoms in total. The number of halogens is 5. The van der Waals surface area contributed by atoms with Crippen LogP contribution < -0.4 is 10.9 Å². The zero-order valence-electron chi connectivity index (χ0n) is 20.4. The maximum absolute atomic E-state index is 14.4. The normalized spacial score (nSPS) is 12.3. The fourth-order valence-corrected chi connectivity index (χ4v) is 3.97. The highest BCUT2D eigenvalue weighted by Crippen LogP contribution is 2.35. The second kappa shape index (κ2) is 10.1. The number of carbonyl (C=O) groups is 1. The lowest BCUT2D eigenvalue weighted by molar-refractivity contribution is -0.143. The van der Waals surface area contributed by atoms with E-state index in [0.717, 1.165) is 6.92 Å². The van der Waals surface area contributed by atoms with Crippen LogP contribution in [-0.4, -0.2) is 20.7 Å². The van der Waals surface area contributed by atoms with Crippen LogP contribution in [0.5, 0.6) is 0 Å². The molecule has 2 N–H and O–H groups in total. The minimum absolute atomic E-state index is 0.0130. The maximum atomic E-state index is 14.4. The third kappa shape index (κ3) is 4.99. The minimum atomic E-state index is -5.03. The van der Waals surface area contributed by atoms with Crippen LogP contribution in [-0.2, 0) is 6.18 Å². The van der Waals surface area contributed by atoms with Gasteiger partial charge in [-0.15, -0.1) is 0 Å². The van der Waals surface area contributed by atoms with Crippen molar-refractivity contribution < 1.29 is 26.7 Å². The summed E-state index contributed by atoms with van der Waals surface area (Å²) in [7, 11) is 0. The summed E-state index contributed by atoms with van der Waals surface area (Å²) >= 11 is 0. The van der Waals surface area contributed by atoms with Crippen molar-refractivity contribution in [1.82, 2.24) is 20.1 Å². The standard InChI is InChI=1S/C27H21F5N4O2/c1-14(2)22(28)15(3)24(29)35-26(38)21-13-34-36(23(21)27(30,31)32)17-9-7-16(8-10-17)18-5-4-6-20-19(18)11-12-33-25(20)37/h4-13H,1-3H3,(H,33,37)(H,35,38)/b24-15+. The van der Waals surface area contributed by atoms with Crippen LogP contribution in [0, 0.1) is 0 Å². The summed E-state index contributed by atoms with van der Waals surface area (Å²) in [5.41, 5.74) is -1.74. The molecule has 0 aliphatic carbocycles. The van der Waals surface area contributed by atoms with E-state index in [2.05, 4.69) is 10.1 Å². The average Bonchev–Trinajstić information content (AvgIpc) is 3.34. The van der Waals surface area contributed by atoms with E-state index in [-0.39, 0.29) is 16.8 Å². The third-order valence-corrected chi connectivity index (χ3v) is 5.84. The van der Waals surface area contributed by atoms with Crippen LogP contribution in [0.1, 0.15) is 36.8 Å². The van der Waals surface area contributed by atoms with Gasteiger partial charge in [0.25, 0.3) is 11.5 Å². The average molecular weight is 528 g/mol. The highest BCUT2D eigenvalue weighted by atomic mass is 19.4. The lowest BCUT2D eigenvalue weighted by Crippen LogP contribution is -2.25. The van der Waals surface area contributed by atoms with E-state index < -0.39 is 40.7 Å². The summed E-state index contributed by atoms with van der Waals surface area (Å²) < 4.78 is 71.0. The molecule has 2 heterocycles. The molecule has 0 aliphatic heterocycles. The fourth-order valence-electron chi connectivity index (χ4n) is 3.97. The molecule has 0 spiro atoms. The van der Waals surface area contributed by atoms with Crippen molar-refractivity contribution in [3.05, 3.63) is 105 Å². The number of aromatic amines is 1. The van der Waals surface area contributed by atoms with Crippen molar-refractivity contribution in [2.24, 2.45) is 0 Å². The summed E-state index contributed by atoms with van der Waals surface area (Å²) in [6.45, 7) is 3.82. The Labute approximate surface area is 213 Å². The van der Waals surface area contributed by atoms with Crippen LogP contribution in [0.15, 0.2) is 88.6 Å². The van der Waals surface area contributed by atoms with E-state index in [1.165, 1.54) is 32.2 Å². The number of pyridine rings is 1. The Morgan fingerprint density at radius 3 is 2.29 bits per heavy atom. The van der Waals surface area contributed by atoms with E-state index >= 15 is 0 Å². The van der Waals surface area contributed by atoms with Crippen LogP contribution >= 0.6 is 0 Å². The number of hydrogen-bond acceptors (Lipinski definition) is 3. The van der Waals surface area contributed by atoms with Gasteiger partial charge in [0.15, 0.2) is 11.6 Å². The number of aromatic nitrogens is 3. The van der Waals surface area contributed by atoms with Gasteiger partial charge in [0.2, 0.25) is 0 Å². The van der Waals surface area contributed by atoms with Gasteiger partial charge < -0.3 is 4.98 Å². The molecule has 11 heteroatoms. The number of carbonyl (C=O) groups excluding carboxylic acids is 1. The Kier molecular flexibility index (Phi) is 7.03. The van der Waals surface area contributed by atoms with Gasteiger partial charge in [-0.25, -0.2) is 9.07 Å². The Morgan fingerprint density at radius 2 is 1.66 bits per heavy atom. The van der Waals surface area contributed by atoms with Gasteiger partial charge in [-0.2, -0.15) is 22.7 Å². The third-order valence-electron chi connectivity index (χ3n) is 5.84. The van der Waals surface area contributed by atoms with E-state index in [9.17, 15) is 31.5 Å². The summed E-state index contributed by atoms with van der Waals surface area (Å²) in [5, 5.41) is 6.52.